The minimum absolute atomic E-state index is 0.0171. The predicted molar refractivity (Wildman–Crippen MR) is 123 cm³/mol. The van der Waals surface area contributed by atoms with Crippen LogP contribution in [0.3, 0.4) is 0 Å². The van der Waals surface area contributed by atoms with Gasteiger partial charge < -0.3 is 23.7 Å². The van der Waals surface area contributed by atoms with Gasteiger partial charge in [0, 0.05) is 36.1 Å². The van der Waals surface area contributed by atoms with Crippen LogP contribution in [0.15, 0.2) is 48.5 Å². The summed E-state index contributed by atoms with van der Waals surface area (Å²) in [7, 11) is 7.03. The number of Topliss-reactive ketones (excluding diaryl/α,β-unsaturated/α-hetero) is 1. The molecule has 3 atom stereocenters. The van der Waals surface area contributed by atoms with Gasteiger partial charge in [0.25, 0.3) is 0 Å². The minimum atomic E-state index is -1.63. The smallest absolute Gasteiger partial charge is 0.323 e. The molecule has 2 aromatic carbocycles. The van der Waals surface area contributed by atoms with Crippen molar-refractivity contribution in [2.45, 2.75) is 18.9 Å². The maximum absolute atomic E-state index is 13.7. The Morgan fingerprint density at radius 3 is 2.03 bits per heavy atom. The van der Waals surface area contributed by atoms with E-state index in [4.69, 9.17) is 23.7 Å². The summed E-state index contributed by atoms with van der Waals surface area (Å²) in [6.07, 6.45) is -0.693. The van der Waals surface area contributed by atoms with Gasteiger partial charge in [0.2, 0.25) is 0 Å². The molecule has 0 bridgehead atoms. The van der Waals surface area contributed by atoms with Gasteiger partial charge in [-0.2, -0.15) is 0 Å². The van der Waals surface area contributed by atoms with Crippen LogP contribution in [0.5, 0.6) is 11.5 Å². The molecular weight excluding hydrogens is 440 g/mol. The third-order valence-electron chi connectivity index (χ3n) is 6.61. The summed E-state index contributed by atoms with van der Waals surface area (Å²) < 4.78 is 26.8. The number of methoxy groups -OCH3 is 5. The lowest BCUT2D eigenvalue weighted by molar-refractivity contribution is -0.169. The molecular formula is C26H30O8. The van der Waals surface area contributed by atoms with Gasteiger partial charge in [-0.3, -0.25) is 14.4 Å². The normalized spacial score (nSPS) is 19.7. The van der Waals surface area contributed by atoms with Gasteiger partial charge in [-0.1, -0.05) is 30.3 Å². The summed E-state index contributed by atoms with van der Waals surface area (Å²) in [6.45, 7) is 0. The Morgan fingerprint density at radius 1 is 0.853 bits per heavy atom. The lowest BCUT2D eigenvalue weighted by Crippen LogP contribution is -2.39. The van der Waals surface area contributed by atoms with Gasteiger partial charge in [0.05, 0.1) is 34.5 Å². The molecule has 0 saturated heterocycles. The van der Waals surface area contributed by atoms with E-state index in [0.717, 1.165) is 0 Å². The van der Waals surface area contributed by atoms with E-state index in [0.29, 0.717) is 22.6 Å². The number of hydrogen-bond acceptors (Lipinski definition) is 8. The number of ketones is 1. The largest absolute Gasteiger partial charge is 0.497 e. The lowest BCUT2D eigenvalue weighted by Gasteiger charge is -2.29. The highest BCUT2D eigenvalue weighted by molar-refractivity contribution is 6.04. The highest BCUT2D eigenvalue weighted by Gasteiger charge is 2.60. The fraction of sp³-hybridized carbons (Fsp3) is 0.423. The van der Waals surface area contributed by atoms with E-state index >= 15 is 0 Å². The van der Waals surface area contributed by atoms with Gasteiger partial charge in [-0.15, -0.1) is 0 Å². The van der Waals surface area contributed by atoms with E-state index in [-0.39, 0.29) is 18.6 Å². The first-order chi connectivity index (χ1) is 16.4. The van der Waals surface area contributed by atoms with Crippen LogP contribution in [0, 0.1) is 17.3 Å². The molecule has 1 fully saturated rings. The fourth-order valence-electron chi connectivity index (χ4n) is 4.97. The van der Waals surface area contributed by atoms with Crippen LogP contribution in [0.1, 0.15) is 34.9 Å². The molecule has 0 aromatic heterocycles. The van der Waals surface area contributed by atoms with Crippen molar-refractivity contribution < 1.29 is 38.1 Å². The Kier molecular flexibility index (Phi) is 7.94. The van der Waals surface area contributed by atoms with Crippen molar-refractivity contribution in [2.24, 2.45) is 17.3 Å². The first-order valence-electron chi connectivity index (χ1n) is 10.9. The van der Waals surface area contributed by atoms with E-state index in [1.807, 2.05) is 6.07 Å². The molecule has 1 aliphatic rings. The second-order valence-electron chi connectivity index (χ2n) is 8.24. The van der Waals surface area contributed by atoms with Crippen LogP contribution < -0.4 is 9.47 Å². The summed E-state index contributed by atoms with van der Waals surface area (Å²) in [5.74, 6) is -1.80. The third kappa shape index (κ3) is 4.50. The average Bonchev–Trinajstić information content (AvgIpc) is 3.29. The Hall–Kier alpha value is -3.39. The van der Waals surface area contributed by atoms with Crippen LogP contribution >= 0.6 is 0 Å². The Morgan fingerprint density at radius 2 is 1.50 bits per heavy atom. The molecule has 0 unspecified atom stereocenters. The third-order valence-corrected chi connectivity index (χ3v) is 6.61. The average molecular weight is 471 g/mol. The number of rotatable bonds is 9. The number of carbonyl (C=O) groups is 3. The topological polar surface area (TPSA) is 97.4 Å². The van der Waals surface area contributed by atoms with Crippen molar-refractivity contribution in [1.82, 2.24) is 0 Å². The van der Waals surface area contributed by atoms with Crippen LogP contribution in [0.25, 0.3) is 0 Å². The summed E-state index contributed by atoms with van der Waals surface area (Å²) in [5.41, 5.74) is -0.466. The monoisotopic (exact) mass is 470 g/mol. The molecule has 0 spiro atoms. The quantitative estimate of drug-likeness (QED) is 0.311. The van der Waals surface area contributed by atoms with Gasteiger partial charge in [-0.25, -0.2) is 0 Å². The first-order valence-corrected chi connectivity index (χ1v) is 10.9. The van der Waals surface area contributed by atoms with E-state index in [1.165, 1.54) is 28.4 Å². The summed E-state index contributed by atoms with van der Waals surface area (Å²) in [6, 6.07) is 14.1. The summed E-state index contributed by atoms with van der Waals surface area (Å²) in [5, 5.41) is 0. The Labute approximate surface area is 199 Å². The number of ether oxygens (including phenoxy) is 5. The van der Waals surface area contributed by atoms with Crippen molar-refractivity contribution in [3.05, 3.63) is 59.7 Å². The van der Waals surface area contributed by atoms with Crippen molar-refractivity contribution >= 4 is 17.7 Å². The fourth-order valence-corrected chi connectivity index (χ4v) is 4.97. The summed E-state index contributed by atoms with van der Waals surface area (Å²) in [4.78, 5) is 39.5. The molecule has 0 radical (unpaired) electrons. The highest BCUT2D eigenvalue weighted by Crippen LogP contribution is 2.54. The van der Waals surface area contributed by atoms with Crippen molar-refractivity contribution in [3.63, 3.8) is 0 Å². The molecule has 2 aromatic rings. The van der Waals surface area contributed by atoms with Gasteiger partial charge in [-0.05, 0) is 25.0 Å². The molecule has 0 N–H and O–H groups in total. The molecule has 1 saturated carbocycles. The molecule has 3 rings (SSSR count). The predicted octanol–water partition coefficient (Wildman–Crippen LogP) is 3.63. The van der Waals surface area contributed by atoms with Crippen LogP contribution in [0.4, 0.5) is 0 Å². The zero-order valence-corrected chi connectivity index (χ0v) is 20.0. The molecule has 0 heterocycles. The van der Waals surface area contributed by atoms with E-state index in [1.54, 1.807) is 49.6 Å². The molecule has 0 amide bonds. The summed E-state index contributed by atoms with van der Waals surface area (Å²) >= 11 is 0. The number of carbonyl (C=O) groups excluding carboxylic acids is 3. The highest BCUT2D eigenvalue weighted by atomic mass is 16.5. The molecule has 1 aliphatic carbocycles. The Balaban J connectivity index is 2.14. The zero-order chi connectivity index (χ0) is 24.9. The number of esters is 2. The molecule has 182 valence electrons. The van der Waals surface area contributed by atoms with Crippen LogP contribution in [-0.4, -0.2) is 53.3 Å². The number of benzene rings is 2. The maximum Gasteiger partial charge on any atom is 0.323 e. The SMILES string of the molecule is COC(=O)C1(C(=O)OC)C[C@H]([C@@H](OC)c2ccc(OC)cc2OC)[C@@H](C(=O)c2ccccc2)C1. The molecule has 8 heteroatoms. The van der Waals surface area contributed by atoms with Crippen molar-refractivity contribution in [3.8, 4) is 11.5 Å². The van der Waals surface area contributed by atoms with Crippen LogP contribution in [0.2, 0.25) is 0 Å². The van der Waals surface area contributed by atoms with Crippen molar-refractivity contribution in [2.75, 3.05) is 35.5 Å². The van der Waals surface area contributed by atoms with Crippen molar-refractivity contribution in [1.29, 1.82) is 0 Å². The molecule has 8 nitrogen and oxygen atoms in total. The van der Waals surface area contributed by atoms with Gasteiger partial charge >= 0.3 is 11.9 Å². The second kappa shape index (κ2) is 10.7. The molecule has 0 aliphatic heterocycles. The maximum atomic E-state index is 13.7. The standard InChI is InChI=1S/C26H30O8/c1-30-17-11-12-18(21(13-17)31-2)23(32-3)20-15-26(24(28)33-4,25(29)34-5)14-19(20)22(27)16-9-7-6-8-10-16/h6-13,19-20,23H,14-15H2,1-5H3/t19-,20-,23-/m0/s1. The number of hydrogen-bond donors (Lipinski definition) is 0. The van der Waals surface area contributed by atoms with Crippen LogP contribution in [-0.2, 0) is 23.8 Å². The van der Waals surface area contributed by atoms with E-state index in [2.05, 4.69) is 0 Å². The van der Waals surface area contributed by atoms with Gasteiger partial charge in [0.15, 0.2) is 11.2 Å². The first kappa shape index (κ1) is 25.2. The molecule has 34 heavy (non-hydrogen) atoms. The minimum Gasteiger partial charge on any atom is -0.497 e. The Bertz CT molecular complexity index is 1020. The van der Waals surface area contributed by atoms with E-state index in [9.17, 15) is 14.4 Å². The zero-order valence-electron chi connectivity index (χ0n) is 20.0. The second-order valence-corrected chi connectivity index (χ2v) is 8.24. The lowest BCUT2D eigenvalue weighted by atomic mass is 9.82. The van der Waals surface area contributed by atoms with E-state index < -0.39 is 35.3 Å². The van der Waals surface area contributed by atoms with Gasteiger partial charge in [0.1, 0.15) is 11.5 Å².